The summed E-state index contributed by atoms with van der Waals surface area (Å²) >= 11 is 18.0. The van der Waals surface area contributed by atoms with E-state index in [1.54, 1.807) is 49.4 Å². The molecule has 0 fully saturated rings. The van der Waals surface area contributed by atoms with Crippen molar-refractivity contribution in [2.75, 3.05) is 19.8 Å². The number of halogens is 3. The number of hydrogen-bond acceptors (Lipinski definition) is 4. The van der Waals surface area contributed by atoms with Crippen LogP contribution in [0.15, 0.2) is 42.5 Å². The van der Waals surface area contributed by atoms with Gasteiger partial charge in [0.1, 0.15) is 6.04 Å². The first-order chi connectivity index (χ1) is 14.9. The maximum absolute atomic E-state index is 13.0. The molecule has 0 aliphatic carbocycles. The lowest BCUT2D eigenvalue weighted by atomic mass is 10.1. The monoisotopic (exact) mass is 519 g/mol. The molecule has 0 aliphatic heterocycles. The van der Waals surface area contributed by atoms with Gasteiger partial charge in [-0.3, -0.25) is 9.59 Å². The second-order valence-electron chi connectivity index (χ2n) is 7.30. The second-order valence-corrected chi connectivity index (χ2v) is 10.7. The number of nitrogens with one attached hydrogen (secondary N) is 1. The normalized spacial score (nSPS) is 12.5. The summed E-state index contributed by atoms with van der Waals surface area (Å²) in [5.41, 5.74) is 1.41. The van der Waals surface area contributed by atoms with Gasteiger partial charge in [-0.25, -0.2) is 8.42 Å². The quantitative estimate of drug-likeness (QED) is 0.548. The summed E-state index contributed by atoms with van der Waals surface area (Å²) in [5.74, 6) is -0.930. The Hall–Kier alpha value is -1.84. The largest absolute Gasteiger partial charge is 0.350 e. The molecule has 0 heterocycles. The molecule has 0 radical (unpaired) electrons. The van der Waals surface area contributed by atoms with Crippen LogP contribution in [0.5, 0.6) is 0 Å². The molecule has 2 aromatic carbocycles. The van der Waals surface area contributed by atoms with Gasteiger partial charge in [-0.05, 0) is 42.3 Å². The van der Waals surface area contributed by atoms with Gasteiger partial charge in [0.25, 0.3) is 0 Å². The van der Waals surface area contributed by atoms with Crippen LogP contribution in [0, 0.1) is 0 Å². The van der Waals surface area contributed by atoms with Crippen molar-refractivity contribution in [3.8, 4) is 0 Å². The third-order valence-electron chi connectivity index (χ3n) is 4.83. The molecule has 174 valence electrons. The Morgan fingerprint density at radius 3 is 2.19 bits per heavy atom. The van der Waals surface area contributed by atoms with Crippen LogP contribution in [0.3, 0.4) is 0 Å². The van der Waals surface area contributed by atoms with E-state index in [4.69, 9.17) is 34.8 Å². The molecule has 0 saturated heterocycles. The molecule has 0 saturated carbocycles. The Kier molecular flexibility index (Phi) is 9.36. The molecule has 0 aliphatic rings. The molecule has 2 amide bonds. The van der Waals surface area contributed by atoms with Crippen molar-refractivity contribution in [3.05, 3.63) is 68.7 Å². The molecule has 2 aromatic rings. The van der Waals surface area contributed by atoms with Gasteiger partial charge in [-0.2, -0.15) is 4.31 Å². The van der Waals surface area contributed by atoms with Crippen LogP contribution >= 0.6 is 34.8 Å². The third kappa shape index (κ3) is 7.64. The molecule has 0 aromatic heterocycles. The second kappa shape index (κ2) is 11.3. The van der Waals surface area contributed by atoms with Gasteiger partial charge in [-0.15, -0.1) is 0 Å². The Morgan fingerprint density at radius 2 is 1.62 bits per heavy atom. The van der Waals surface area contributed by atoms with Gasteiger partial charge in [0.2, 0.25) is 21.8 Å². The molecular formula is C21H24Cl3N3O4S. The van der Waals surface area contributed by atoms with Crippen LogP contribution in [0.25, 0.3) is 0 Å². The summed E-state index contributed by atoms with van der Waals surface area (Å²) in [7, 11) is -2.26. The molecule has 0 bridgehead atoms. The summed E-state index contributed by atoms with van der Waals surface area (Å²) in [6, 6.07) is 10.9. The van der Waals surface area contributed by atoms with Crippen molar-refractivity contribution in [3.63, 3.8) is 0 Å². The van der Waals surface area contributed by atoms with Crippen molar-refractivity contribution in [1.82, 2.24) is 14.5 Å². The molecular weight excluding hydrogens is 497 g/mol. The van der Waals surface area contributed by atoms with Crippen molar-refractivity contribution < 1.29 is 18.0 Å². The Bertz CT molecular complexity index is 1080. The Labute approximate surface area is 203 Å². The number of nitrogens with zero attached hydrogens (tertiary/aromatic N) is 2. The highest BCUT2D eigenvalue weighted by molar-refractivity contribution is 7.88. The summed E-state index contributed by atoms with van der Waals surface area (Å²) in [4.78, 5) is 27.1. The summed E-state index contributed by atoms with van der Waals surface area (Å²) < 4.78 is 24.4. The fraction of sp³-hybridized carbons (Fsp3) is 0.333. The fourth-order valence-corrected chi connectivity index (χ4v) is 3.71. The lowest BCUT2D eigenvalue weighted by Gasteiger charge is -2.30. The zero-order valence-electron chi connectivity index (χ0n) is 17.8. The van der Waals surface area contributed by atoms with Crippen LogP contribution in [-0.4, -0.2) is 55.3 Å². The van der Waals surface area contributed by atoms with Gasteiger partial charge < -0.3 is 10.2 Å². The molecule has 32 heavy (non-hydrogen) atoms. The van der Waals surface area contributed by atoms with Gasteiger partial charge in [0.05, 0.1) is 12.8 Å². The van der Waals surface area contributed by atoms with Crippen LogP contribution in [0.1, 0.15) is 18.1 Å². The molecule has 2 rings (SSSR count). The van der Waals surface area contributed by atoms with Crippen LogP contribution < -0.4 is 5.32 Å². The predicted octanol–water partition coefficient (Wildman–Crippen LogP) is 3.57. The van der Waals surface area contributed by atoms with E-state index in [2.05, 4.69) is 5.32 Å². The molecule has 7 nitrogen and oxygen atoms in total. The first-order valence-electron chi connectivity index (χ1n) is 9.55. The van der Waals surface area contributed by atoms with Crippen molar-refractivity contribution >= 4 is 56.6 Å². The van der Waals surface area contributed by atoms with Gasteiger partial charge in [0.15, 0.2) is 0 Å². The molecule has 11 heteroatoms. The fourth-order valence-electron chi connectivity index (χ4n) is 2.76. The number of benzene rings is 2. The lowest BCUT2D eigenvalue weighted by Crippen LogP contribution is -2.50. The number of carbonyl (C=O) groups is 2. The Balaban J connectivity index is 2.18. The van der Waals surface area contributed by atoms with Crippen molar-refractivity contribution in [2.45, 2.75) is 26.1 Å². The number of sulfonamides is 1. The van der Waals surface area contributed by atoms with Crippen molar-refractivity contribution in [2.24, 2.45) is 0 Å². The number of hydrogen-bond donors (Lipinski definition) is 1. The smallest absolute Gasteiger partial charge is 0.242 e. The third-order valence-corrected chi connectivity index (χ3v) is 6.93. The molecule has 0 spiro atoms. The number of carbonyl (C=O) groups excluding carboxylic acids is 2. The van der Waals surface area contributed by atoms with E-state index in [9.17, 15) is 18.0 Å². The van der Waals surface area contributed by atoms with Crippen LogP contribution in [0.4, 0.5) is 0 Å². The lowest BCUT2D eigenvalue weighted by molar-refractivity contribution is -0.140. The average molecular weight is 521 g/mol. The SMILES string of the molecule is C[C@@H](C(=O)NCc1ccc(Cl)cc1Cl)N(Cc1ccc(Cl)cc1)C(=O)CN(C)S(C)(=O)=O. The van der Waals surface area contributed by atoms with Gasteiger partial charge in [0, 0.05) is 35.2 Å². The molecule has 1 atom stereocenters. The predicted molar refractivity (Wildman–Crippen MR) is 127 cm³/mol. The highest BCUT2D eigenvalue weighted by Crippen LogP contribution is 2.21. The maximum Gasteiger partial charge on any atom is 0.242 e. The highest BCUT2D eigenvalue weighted by Gasteiger charge is 2.28. The average Bonchev–Trinajstić information content (AvgIpc) is 2.71. The summed E-state index contributed by atoms with van der Waals surface area (Å²) in [5, 5.41) is 4.19. The van der Waals surface area contributed by atoms with Crippen LogP contribution in [0.2, 0.25) is 15.1 Å². The highest BCUT2D eigenvalue weighted by atomic mass is 35.5. The first-order valence-corrected chi connectivity index (χ1v) is 12.5. The van der Waals surface area contributed by atoms with Gasteiger partial charge >= 0.3 is 0 Å². The summed E-state index contributed by atoms with van der Waals surface area (Å²) in [6.45, 7) is 1.43. The first kappa shape index (κ1) is 26.4. The minimum Gasteiger partial charge on any atom is -0.350 e. The Morgan fingerprint density at radius 1 is 1.03 bits per heavy atom. The van der Waals surface area contributed by atoms with Gasteiger partial charge in [-0.1, -0.05) is 53.0 Å². The van der Waals surface area contributed by atoms with Crippen LogP contribution in [-0.2, 0) is 32.7 Å². The van der Waals surface area contributed by atoms with E-state index >= 15 is 0 Å². The van der Waals surface area contributed by atoms with E-state index in [0.717, 1.165) is 16.1 Å². The molecule has 0 unspecified atom stereocenters. The number of likely N-dealkylation sites (N-methyl/N-ethyl adjacent to an activating group) is 1. The van der Waals surface area contributed by atoms with E-state index in [1.165, 1.54) is 11.9 Å². The van der Waals surface area contributed by atoms with E-state index in [0.29, 0.717) is 20.6 Å². The summed E-state index contributed by atoms with van der Waals surface area (Å²) in [6.07, 6.45) is 1.01. The van der Waals surface area contributed by atoms with E-state index in [1.807, 2.05) is 0 Å². The zero-order valence-corrected chi connectivity index (χ0v) is 20.9. The van der Waals surface area contributed by atoms with Crippen molar-refractivity contribution in [1.29, 1.82) is 0 Å². The zero-order chi connectivity index (χ0) is 24.1. The molecule has 1 N–H and O–H groups in total. The number of amides is 2. The minimum absolute atomic E-state index is 0.101. The minimum atomic E-state index is -3.57. The standard InChI is InChI=1S/C21H24Cl3N3O4S/c1-14(21(29)25-11-16-6-9-18(23)10-19(16)24)27(12-15-4-7-17(22)8-5-15)20(28)13-26(2)32(3,30)31/h4-10,14H,11-13H2,1-3H3,(H,25,29)/t14-/m0/s1. The van der Waals surface area contributed by atoms with E-state index in [-0.39, 0.29) is 13.1 Å². The maximum atomic E-state index is 13.0. The number of rotatable bonds is 9. The van der Waals surface area contributed by atoms with E-state index < -0.39 is 34.4 Å². The topological polar surface area (TPSA) is 86.8 Å².